The molecule has 17 heavy (non-hydrogen) atoms. The second-order valence-electron chi connectivity index (χ2n) is 3.67. The van der Waals surface area contributed by atoms with Crippen molar-refractivity contribution in [3.63, 3.8) is 0 Å². The van der Waals surface area contributed by atoms with Crippen LogP contribution in [0.1, 0.15) is 17.3 Å². The fourth-order valence-corrected chi connectivity index (χ4v) is 1.69. The summed E-state index contributed by atoms with van der Waals surface area (Å²) in [4.78, 5) is 13.2. The summed E-state index contributed by atoms with van der Waals surface area (Å²) in [6.07, 6.45) is 3.33. The Morgan fingerprint density at radius 1 is 1.35 bits per heavy atom. The van der Waals surface area contributed by atoms with Crippen molar-refractivity contribution < 1.29 is 9.18 Å². The molecule has 0 radical (unpaired) electrons. The molecule has 0 aliphatic rings. The van der Waals surface area contributed by atoms with E-state index in [9.17, 15) is 9.18 Å². The predicted octanol–water partition coefficient (Wildman–Crippen LogP) is 3.21. The predicted molar refractivity (Wildman–Crippen MR) is 69.0 cm³/mol. The highest BCUT2D eigenvalue weighted by molar-refractivity contribution is 5.99. The molecule has 1 aromatic rings. The van der Waals surface area contributed by atoms with Crippen molar-refractivity contribution in [3.05, 3.63) is 54.9 Å². The summed E-state index contributed by atoms with van der Waals surface area (Å²) in [7, 11) is 0. The van der Waals surface area contributed by atoms with Gasteiger partial charge in [-0.05, 0) is 19.1 Å². The number of anilines is 1. The van der Waals surface area contributed by atoms with Gasteiger partial charge in [-0.2, -0.15) is 0 Å². The molecule has 2 nitrogen and oxygen atoms in total. The van der Waals surface area contributed by atoms with E-state index in [2.05, 4.69) is 13.2 Å². The van der Waals surface area contributed by atoms with Gasteiger partial charge in [-0.3, -0.25) is 4.79 Å². The molecule has 0 fully saturated rings. The van der Waals surface area contributed by atoms with Gasteiger partial charge in [-0.1, -0.05) is 18.2 Å². The average Bonchev–Trinajstić information content (AvgIpc) is 2.28. The van der Waals surface area contributed by atoms with E-state index in [4.69, 9.17) is 0 Å². The summed E-state index contributed by atoms with van der Waals surface area (Å²) >= 11 is 0. The van der Waals surface area contributed by atoms with Crippen LogP contribution in [0, 0.1) is 5.82 Å². The number of carbonyl (C=O) groups is 1. The molecule has 0 saturated heterocycles. The second-order valence-corrected chi connectivity index (χ2v) is 3.67. The molecule has 0 bridgehead atoms. The molecule has 0 amide bonds. The molecule has 0 aliphatic heterocycles. The van der Waals surface area contributed by atoms with Gasteiger partial charge < -0.3 is 4.90 Å². The number of rotatable bonds is 6. The standard InChI is InChI=1S/C14H16FNO/c1-4-9-16(10-5-2)14-12(11(3)17)7-6-8-13(14)15/h4-8H,1-2,9-10H2,3H3. The van der Waals surface area contributed by atoms with Crippen LogP contribution in [-0.2, 0) is 0 Å². The summed E-state index contributed by atoms with van der Waals surface area (Å²) in [6, 6.07) is 4.51. The van der Waals surface area contributed by atoms with Crippen LogP contribution >= 0.6 is 0 Å². The SMILES string of the molecule is C=CCN(CC=C)c1c(F)cccc1C(C)=O. The molecular weight excluding hydrogens is 217 g/mol. The fraction of sp³-hybridized carbons (Fsp3) is 0.214. The molecule has 0 saturated carbocycles. The Labute approximate surface area is 101 Å². The Kier molecular flexibility index (Phi) is 4.64. The number of benzene rings is 1. The molecule has 0 spiro atoms. The molecule has 0 aliphatic carbocycles. The number of nitrogens with zero attached hydrogens (tertiary/aromatic N) is 1. The lowest BCUT2D eigenvalue weighted by atomic mass is 10.1. The lowest BCUT2D eigenvalue weighted by molar-refractivity contribution is 0.101. The fourth-order valence-electron chi connectivity index (χ4n) is 1.69. The number of hydrogen-bond acceptors (Lipinski definition) is 2. The minimum atomic E-state index is -0.401. The second kappa shape index (κ2) is 5.99. The van der Waals surface area contributed by atoms with Crippen molar-refractivity contribution in [2.45, 2.75) is 6.92 Å². The third kappa shape index (κ3) is 3.03. The van der Waals surface area contributed by atoms with Crippen molar-refractivity contribution in [1.82, 2.24) is 0 Å². The molecular formula is C14H16FNO. The molecule has 90 valence electrons. The summed E-state index contributed by atoms with van der Waals surface area (Å²) in [5.74, 6) is -0.556. The molecule has 0 N–H and O–H groups in total. The number of carbonyl (C=O) groups excluding carboxylic acids is 1. The van der Waals surface area contributed by atoms with Crippen LogP contribution in [0.4, 0.5) is 10.1 Å². The van der Waals surface area contributed by atoms with Gasteiger partial charge in [-0.25, -0.2) is 4.39 Å². The van der Waals surface area contributed by atoms with Crippen LogP contribution in [-0.4, -0.2) is 18.9 Å². The van der Waals surface area contributed by atoms with Crippen molar-refractivity contribution in [2.24, 2.45) is 0 Å². The van der Waals surface area contributed by atoms with E-state index in [1.165, 1.54) is 19.1 Å². The zero-order valence-electron chi connectivity index (χ0n) is 9.95. The topological polar surface area (TPSA) is 20.3 Å². The van der Waals surface area contributed by atoms with E-state index in [1.807, 2.05) is 0 Å². The van der Waals surface area contributed by atoms with Crippen LogP contribution in [0.2, 0.25) is 0 Å². The number of Topliss-reactive ketones (excluding diaryl/α,β-unsaturated/α-hetero) is 1. The number of para-hydroxylation sites is 1. The third-order valence-electron chi connectivity index (χ3n) is 2.38. The van der Waals surface area contributed by atoms with E-state index in [1.54, 1.807) is 23.1 Å². The van der Waals surface area contributed by atoms with E-state index in [-0.39, 0.29) is 5.78 Å². The van der Waals surface area contributed by atoms with Gasteiger partial charge in [0.2, 0.25) is 0 Å². The van der Waals surface area contributed by atoms with Crippen molar-refractivity contribution in [1.29, 1.82) is 0 Å². The van der Waals surface area contributed by atoms with Gasteiger partial charge in [0.1, 0.15) is 5.82 Å². The molecule has 1 rings (SSSR count). The Balaban J connectivity index is 3.28. The van der Waals surface area contributed by atoms with Crippen LogP contribution in [0.3, 0.4) is 0 Å². The average molecular weight is 233 g/mol. The van der Waals surface area contributed by atoms with E-state index in [0.29, 0.717) is 24.3 Å². The van der Waals surface area contributed by atoms with Crippen LogP contribution in [0.15, 0.2) is 43.5 Å². The molecule has 0 unspecified atom stereocenters. The maximum Gasteiger partial charge on any atom is 0.161 e. The van der Waals surface area contributed by atoms with Crippen molar-refractivity contribution in [2.75, 3.05) is 18.0 Å². The Bertz CT molecular complexity index is 430. The first-order chi connectivity index (χ1) is 8.11. The number of halogens is 1. The Hall–Kier alpha value is -1.90. The van der Waals surface area contributed by atoms with E-state index < -0.39 is 5.82 Å². The Morgan fingerprint density at radius 2 is 1.94 bits per heavy atom. The molecule has 0 aromatic heterocycles. The molecule has 1 aromatic carbocycles. The minimum absolute atomic E-state index is 0.155. The lowest BCUT2D eigenvalue weighted by Crippen LogP contribution is -2.26. The molecule has 3 heteroatoms. The maximum absolute atomic E-state index is 13.8. The van der Waals surface area contributed by atoms with Gasteiger partial charge in [0.25, 0.3) is 0 Å². The zero-order chi connectivity index (χ0) is 12.8. The molecule has 0 heterocycles. The smallest absolute Gasteiger partial charge is 0.161 e. The summed E-state index contributed by atoms with van der Waals surface area (Å²) in [5.41, 5.74) is 0.702. The summed E-state index contributed by atoms with van der Waals surface area (Å²) < 4.78 is 13.8. The van der Waals surface area contributed by atoms with E-state index in [0.717, 1.165) is 0 Å². The summed E-state index contributed by atoms with van der Waals surface area (Å²) in [5, 5.41) is 0. The third-order valence-corrected chi connectivity index (χ3v) is 2.38. The molecule has 0 atom stereocenters. The highest BCUT2D eigenvalue weighted by atomic mass is 19.1. The number of hydrogen-bond donors (Lipinski definition) is 0. The van der Waals surface area contributed by atoms with Crippen LogP contribution < -0.4 is 4.90 Å². The van der Waals surface area contributed by atoms with Gasteiger partial charge in [-0.15, -0.1) is 13.2 Å². The lowest BCUT2D eigenvalue weighted by Gasteiger charge is -2.24. The largest absolute Gasteiger partial charge is 0.361 e. The Morgan fingerprint density at radius 3 is 2.41 bits per heavy atom. The van der Waals surface area contributed by atoms with Gasteiger partial charge in [0.05, 0.1) is 5.69 Å². The highest BCUT2D eigenvalue weighted by Crippen LogP contribution is 2.25. The highest BCUT2D eigenvalue weighted by Gasteiger charge is 2.16. The monoisotopic (exact) mass is 233 g/mol. The van der Waals surface area contributed by atoms with E-state index >= 15 is 0 Å². The maximum atomic E-state index is 13.8. The first-order valence-corrected chi connectivity index (χ1v) is 5.38. The van der Waals surface area contributed by atoms with Crippen LogP contribution in [0.25, 0.3) is 0 Å². The van der Waals surface area contributed by atoms with Gasteiger partial charge in [0.15, 0.2) is 5.78 Å². The normalized spacial score (nSPS) is 9.76. The zero-order valence-corrected chi connectivity index (χ0v) is 9.95. The first-order valence-electron chi connectivity index (χ1n) is 5.38. The van der Waals surface area contributed by atoms with Gasteiger partial charge in [0, 0.05) is 18.7 Å². The quantitative estimate of drug-likeness (QED) is 0.555. The van der Waals surface area contributed by atoms with Crippen molar-refractivity contribution in [3.8, 4) is 0 Å². The number of ketones is 1. The van der Waals surface area contributed by atoms with Gasteiger partial charge >= 0.3 is 0 Å². The minimum Gasteiger partial charge on any atom is -0.361 e. The van der Waals surface area contributed by atoms with Crippen molar-refractivity contribution >= 4 is 11.5 Å². The first kappa shape index (κ1) is 13.2. The van der Waals surface area contributed by atoms with Crippen LogP contribution in [0.5, 0.6) is 0 Å². The summed E-state index contributed by atoms with van der Waals surface area (Å²) in [6.45, 7) is 9.62.